The maximum atomic E-state index is 10.4. The third kappa shape index (κ3) is 21.0. The molecular formula is C21H36O2S. The minimum atomic E-state index is -0.690. The van der Waals surface area contributed by atoms with E-state index in [4.69, 9.17) is 5.11 Å². The summed E-state index contributed by atoms with van der Waals surface area (Å²) in [7, 11) is 0. The van der Waals surface area contributed by atoms with Crippen molar-refractivity contribution >= 4 is 17.7 Å². The summed E-state index contributed by atoms with van der Waals surface area (Å²) in [5, 5.41) is 8.53. The number of carbonyl (C=O) groups is 1. The van der Waals surface area contributed by atoms with Gasteiger partial charge in [0.1, 0.15) is 0 Å². The number of aliphatic carboxylic acids is 1. The molecule has 0 atom stereocenters. The molecule has 0 heterocycles. The lowest BCUT2D eigenvalue weighted by Crippen LogP contribution is -1.96. The molecule has 0 aliphatic carbocycles. The van der Waals surface area contributed by atoms with Gasteiger partial charge in [-0.15, -0.1) is 0 Å². The van der Waals surface area contributed by atoms with Gasteiger partial charge in [0.05, 0.1) is 6.42 Å². The van der Waals surface area contributed by atoms with Gasteiger partial charge >= 0.3 is 5.97 Å². The summed E-state index contributed by atoms with van der Waals surface area (Å²) in [5.74, 6) is 1.14. The average molecular weight is 353 g/mol. The first-order chi connectivity index (χ1) is 11.8. The first-order valence-electron chi connectivity index (χ1n) is 9.52. The minimum absolute atomic E-state index is 0.287. The van der Waals surface area contributed by atoms with Crippen molar-refractivity contribution in [1.29, 1.82) is 0 Å². The van der Waals surface area contributed by atoms with Crippen molar-refractivity contribution in [1.82, 2.24) is 0 Å². The zero-order valence-corrected chi connectivity index (χ0v) is 16.2. The normalized spacial score (nSPS) is 12.0. The van der Waals surface area contributed by atoms with Crippen LogP contribution in [0.1, 0.15) is 77.6 Å². The highest BCUT2D eigenvalue weighted by molar-refractivity contribution is 7.99. The van der Waals surface area contributed by atoms with E-state index in [0.717, 1.165) is 30.8 Å². The third-order valence-corrected chi connectivity index (χ3v) is 4.71. The van der Waals surface area contributed by atoms with Crippen molar-refractivity contribution in [2.24, 2.45) is 0 Å². The highest BCUT2D eigenvalue weighted by Gasteiger charge is 1.96. The van der Waals surface area contributed by atoms with Crippen molar-refractivity contribution in [2.45, 2.75) is 77.6 Å². The molecule has 0 aromatic heterocycles. The molecule has 0 aromatic rings. The zero-order valence-electron chi connectivity index (χ0n) is 15.4. The standard InChI is InChI=1S/C21H36O2S/c1-2-3-4-5-6-7-8-9-10-11-12-13-14-15-16-17-19-24-20-18-21(22)23/h6-7,9-10,12-13H,2-5,8,11,14-20H2,1H3,(H,22,23)/b7-6-,10-9-,13-12-. The van der Waals surface area contributed by atoms with E-state index >= 15 is 0 Å². The predicted octanol–water partition coefficient (Wildman–Crippen LogP) is 6.78. The second-order valence-electron chi connectivity index (χ2n) is 5.99. The van der Waals surface area contributed by atoms with Crippen LogP contribution in [-0.2, 0) is 4.79 Å². The SMILES string of the molecule is CCCCC/C=C\C/C=C\C/C=C\CCCCCSCCC(=O)O. The van der Waals surface area contributed by atoms with Gasteiger partial charge < -0.3 is 5.11 Å². The van der Waals surface area contributed by atoms with E-state index in [9.17, 15) is 4.79 Å². The van der Waals surface area contributed by atoms with E-state index < -0.39 is 5.97 Å². The molecule has 0 spiro atoms. The van der Waals surface area contributed by atoms with Crippen molar-refractivity contribution < 1.29 is 9.90 Å². The Hall–Kier alpha value is -0.960. The number of hydrogen-bond donors (Lipinski definition) is 1. The lowest BCUT2D eigenvalue weighted by atomic mass is 10.2. The largest absolute Gasteiger partial charge is 0.481 e. The van der Waals surface area contributed by atoms with Crippen LogP contribution in [0.5, 0.6) is 0 Å². The minimum Gasteiger partial charge on any atom is -0.481 e. The summed E-state index contributed by atoms with van der Waals surface area (Å²) in [6.07, 6.45) is 26.0. The van der Waals surface area contributed by atoms with Crippen LogP contribution in [0.25, 0.3) is 0 Å². The number of carboxylic acid groups (broad SMARTS) is 1. The molecule has 0 radical (unpaired) electrons. The third-order valence-electron chi connectivity index (χ3n) is 3.64. The number of thioether (sulfide) groups is 1. The molecule has 0 amide bonds. The summed E-state index contributed by atoms with van der Waals surface area (Å²) >= 11 is 1.75. The quantitative estimate of drug-likeness (QED) is 0.231. The second-order valence-corrected chi connectivity index (χ2v) is 7.21. The molecule has 0 bridgehead atoms. The van der Waals surface area contributed by atoms with E-state index in [1.54, 1.807) is 11.8 Å². The summed E-state index contributed by atoms with van der Waals surface area (Å²) in [6.45, 7) is 2.24. The first kappa shape index (κ1) is 23.0. The van der Waals surface area contributed by atoms with Crippen LogP contribution in [0.15, 0.2) is 36.5 Å². The van der Waals surface area contributed by atoms with Crippen LogP contribution in [0.4, 0.5) is 0 Å². The van der Waals surface area contributed by atoms with Gasteiger partial charge in [-0.2, -0.15) is 11.8 Å². The number of carboxylic acids is 1. The number of hydrogen-bond acceptors (Lipinski definition) is 2. The molecule has 2 nitrogen and oxygen atoms in total. The summed E-state index contributed by atoms with van der Waals surface area (Å²) in [6, 6.07) is 0. The highest BCUT2D eigenvalue weighted by atomic mass is 32.2. The zero-order chi connectivity index (χ0) is 17.7. The van der Waals surface area contributed by atoms with Gasteiger partial charge in [0.2, 0.25) is 0 Å². The van der Waals surface area contributed by atoms with E-state index in [-0.39, 0.29) is 6.42 Å². The average Bonchev–Trinajstić information content (AvgIpc) is 2.56. The summed E-state index contributed by atoms with van der Waals surface area (Å²) in [4.78, 5) is 10.4. The monoisotopic (exact) mass is 352 g/mol. The van der Waals surface area contributed by atoms with Gasteiger partial charge in [-0.1, -0.05) is 62.6 Å². The molecule has 0 aliphatic heterocycles. The van der Waals surface area contributed by atoms with Gasteiger partial charge in [-0.25, -0.2) is 0 Å². The van der Waals surface area contributed by atoms with Gasteiger partial charge in [-0.05, 0) is 50.7 Å². The van der Waals surface area contributed by atoms with Gasteiger partial charge in [0.25, 0.3) is 0 Å². The first-order valence-corrected chi connectivity index (χ1v) is 10.7. The Balaban J connectivity index is 3.26. The summed E-state index contributed by atoms with van der Waals surface area (Å²) < 4.78 is 0. The second kappa shape index (κ2) is 20.1. The van der Waals surface area contributed by atoms with Gasteiger partial charge in [-0.3, -0.25) is 4.79 Å². The van der Waals surface area contributed by atoms with E-state index in [1.807, 2.05) is 0 Å². The number of rotatable bonds is 17. The van der Waals surface area contributed by atoms with Crippen molar-refractivity contribution in [3.8, 4) is 0 Å². The molecule has 0 aliphatic rings. The molecule has 24 heavy (non-hydrogen) atoms. The van der Waals surface area contributed by atoms with Crippen LogP contribution >= 0.6 is 11.8 Å². The van der Waals surface area contributed by atoms with Crippen molar-refractivity contribution in [3.63, 3.8) is 0 Å². The van der Waals surface area contributed by atoms with Crippen LogP contribution < -0.4 is 0 Å². The molecule has 0 saturated heterocycles. The van der Waals surface area contributed by atoms with Crippen LogP contribution in [-0.4, -0.2) is 22.6 Å². The molecule has 0 aromatic carbocycles. The van der Waals surface area contributed by atoms with Crippen LogP contribution in [0.2, 0.25) is 0 Å². The Kier molecular flexibility index (Phi) is 19.3. The molecule has 0 fully saturated rings. The number of unbranched alkanes of at least 4 members (excludes halogenated alkanes) is 6. The predicted molar refractivity (Wildman–Crippen MR) is 109 cm³/mol. The fourth-order valence-electron chi connectivity index (χ4n) is 2.19. The lowest BCUT2D eigenvalue weighted by Gasteiger charge is -1.99. The van der Waals surface area contributed by atoms with E-state index in [1.165, 1.54) is 44.9 Å². The molecule has 138 valence electrons. The Bertz CT molecular complexity index is 359. The molecule has 1 N–H and O–H groups in total. The maximum Gasteiger partial charge on any atom is 0.304 e. The number of allylic oxidation sites excluding steroid dienone is 6. The summed E-state index contributed by atoms with van der Waals surface area (Å²) in [5.41, 5.74) is 0. The Labute approximate surface area is 153 Å². The van der Waals surface area contributed by atoms with Crippen molar-refractivity contribution in [3.05, 3.63) is 36.5 Å². The lowest BCUT2D eigenvalue weighted by molar-refractivity contribution is -0.136. The van der Waals surface area contributed by atoms with E-state index in [2.05, 4.69) is 43.4 Å². The highest BCUT2D eigenvalue weighted by Crippen LogP contribution is 2.09. The van der Waals surface area contributed by atoms with Crippen molar-refractivity contribution in [2.75, 3.05) is 11.5 Å². The van der Waals surface area contributed by atoms with E-state index in [0.29, 0.717) is 0 Å². The topological polar surface area (TPSA) is 37.3 Å². The molecular weight excluding hydrogens is 316 g/mol. The fourth-order valence-corrected chi connectivity index (χ4v) is 3.13. The van der Waals surface area contributed by atoms with Crippen LogP contribution in [0, 0.1) is 0 Å². The molecule has 0 unspecified atom stereocenters. The Morgan fingerprint density at radius 2 is 1.38 bits per heavy atom. The Morgan fingerprint density at radius 1 is 0.792 bits per heavy atom. The molecule has 0 saturated carbocycles. The van der Waals surface area contributed by atoms with Gasteiger partial charge in [0.15, 0.2) is 0 Å². The smallest absolute Gasteiger partial charge is 0.304 e. The van der Waals surface area contributed by atoms with Crippen LogP contribution in [0.3, 0.4) is 0 Å². The fraction of sp³-hybridized carbons (Fsp3) is 0.667. The maximum absolute atomic E-state index is 10.4. The molecule has 0 rings (SSSR count). The van der Waals surface area contributed by atoms with Gasteiger partial charge in [0, 0.05) is 5.75 Å². The molecule has 3 heteroatoms. The Morgan fingerprint density at radius 3 is 1.96 bits per heavy atom.